The number of nitrogens with zero attached hydrogens (tertiary/aromatic N) is 2. The summed E-state index contributed by atoms with van der Waals surface area (Å²) < 4.78 is 10.7. The molecule has 3 rings (SSSR count). The van der Waals surface area contributed by atoms with Crippen molar-refractivity contribution in [3.8, 4) is 5.75 Å². The summed E-state index contributed by atoms with van der Waals surface area (Å²) >= 11 is 0. The first kappa shape index (κ1) is 24.2. The van der Waals surface area contributed by atoms with Gasteiger partial charge in [-0.2, -0.15) is 4.98 Å². The summed E-state index contributed by atoms with van der Waals surface area (Å²) in [6, 6.07) is 7.33. The number of aryl methyl sites for hydroxylation is 2. The largest absolute Gasteiger partial charge is 0.484 e. The Balaban J connectivity index is 1.45. The van der Waals surface area contributed by atoms with E-state index in [1.165, 1.54) is 6.92 Å². The predicted molar refractivity (Wildman–Crippen MR) is 119 cm³/mol. The third-order valence-electron chi connectivity index (χ3n) is 5.54. The molecule has 0 spiro atoms. The number of nitrogens with one attached hydrogen (secondary N) is 3. The van der Waals surface area contributed by atoms with Gasteiger partial charge in [-0.1, -0.05) is 43.0 Å². The maximum absolute atomic E-state index is 12.1. The molecule has 2 aromatic rings. The maximum Gasteiger partial charge on any atom is 0.276 e. The zero-order valence-electron chi connectivity index (χ0n) is 19.1. The van der Waals surface area contributed by atoms with Crippen LogP contribution in [-0.4, -0.2) is 34.5 Å². The lowest BCUT2D eigenvalue weighted by Crippen LogP contribution is -2.45. The Morgan fingerprint density at radius 1 is 1.09 bits per heavy atom. The molecule has 3 N–H and O–H groups in total. The van der Waals surface area contributed by atoms with Gasteiger partial charge in [0.2, 0.25) is 17.7 Å². The second-order valence-electron chi connectivity index (χ2n) is 8.39. The Kier molecular flexibility index (Phi) is 8.39. The Hall–Kier alpha value is -3.43. The Bertz CT molecular complexity index is 966. The maximum atomic E-state index is 12.1. The number of ether oxygens (including phenoxy) is 1. The minimum absolute atomic E-state index is 0.0494. The second-order valence-corrected chi connectivity index (χ2v) is 8.39. The standard InChI is InChI=1S/C23H31N5O5/c1-16-8-7-9-18(14-16)32-15-20(31)27-26-19(30)10-11-21-24-22(28-33-21)23(25-17(2)29)12-5-3-4-6-13-23/h7-9,14H,3-6,10-13,15H2,1-2H3,(H,25,29)(H,26,30)(H,27,31). The number of aromatic nitrogens is 2. The molecule has 0 atom stereocenters. The van der Waals surface area contributed by atoms with Crippen molar-refractivity contribution in [1.29, 1.82) is 0 Å². The quantitative estimate of drug-likeness (QED) is 0.408. The fourth-order valence-corrected chi connectivity index (χ4v) is 3.94. The topological polar surface area (TPSA) is 135 Å². The van der Waals surface area contributed by atoms with Crippen molar-refractivity contribution in [2.75, 3.05) is 6.61 Å². The smallest absolute Gasteiger partial charge is 0.276 e. The van der Waals surface area contributed by atoms with Crippen LogP contribution in [0, 0.1) is 6.92 Å². The minimum Gasteiger partial charge on any atom is -0.484 e. The summed E-state index contributed by atoms with van der Waals surface area (Å²) in [4.78, 5) is 40.2. The third kappa shape index (κ3) is 7.30. The van der Waals surface area contributed by atoms with Crippen molar-refractivity contribution >= 4 is 17.7 Å². The Morgan fingerprint density at radius 2 is 1.82 bits per heavy atom. The van der Waals surface area contributed by atoms with Crippen molar-refractivity contribution in [2.24, 2.45) is 0 Å². The Labute approximate surface area is 192 Å². The first-order valence-electron chi connectivity index (χ1n) is 11.3. The fourth-order valence-electron chi connectivity index (χ4n) is 3.94. The number of benzene rings is 1. The summed E-state index contributed by atoms with van der Waals surface area (Å²) in [5.41, 5.74) is 5.06. The molecule has 0 aliphatic heterocycles. The molecule has 1 heterocycles. The molecule has 1 aromatic carbocycles. The zero-order chi connectivity index (χ0) is 23.7. The van der Waals surface area contributed by atoms with E-state index in [1.807, 2.05) is 25.1 Å². The van der Waals surface area contributed by atoms with Crippen LogP contribution in [0.2, 0.25) is 0 Å². The van der Waals surface area contributed by atoms with Crippen molar-refractivity contribution in [2.45, 2.75) is 70.8 Å². The summed E-state index contributed by atoms with van der Waals surface area (Å²) in [7, 11) is 0. The number of carbonyl (C=O) groups excluding carboxylic acids is 3. The molecule has 3 amide bonds. The highest BCUT2D eigenvalue weighted by atomic mass is 16.5. The lowest BCUT2D eigenvalue weighted by molar-refractivity contribution is -0.130. The van der Waals surface area contributed by atoms with Gasteiger partial charge in [0.15, 0.2) is 12.4 Å². The van der Waals surface area contributed by atoms with Crippen LogP contribution in [0.15, 0.2) is 28.8 Å². The Morgan fingerprint density at radius 3 is 2.52 bits per heavy atom. The molecule has 0 saturated heterocycles. The van der Waals surface area contributed by atoms with E-state index in [9.17, 15) is 14.4 Å². The number of hydrogen-bond acceptors (Lipinski definition) is 7. The first-order chi connectivity index (χ1) is 15.9. The number of carbonyl (C=O) groups is 3. The van der Waals surface area contributed by atoms with Gasteiger partial charge in [-0.25, -0.2) is 0 Å². The van der Waals surface area contributed by atoms with Gasteiger partial charge < -0.3 is 14.6 Å². The number of hydrogen-bond donors (Lipinski definition) is 3. The number of amides is 3. The SMILES string of the molecule is CC(=O)NC1(c2noc(CCC(=O)NNC(=O)COc3cccc(C)c3)n2)CCCCCC1. The summed E-state index contributed by atoms with van der Waals surface area (Å²) in [5.74, 6) is 0.333. The van der Waals surface area contributed by atoms with Gasteiger partial charge in [-0.3, -0.25) is 25.2 Å². The van der Waals surface area contributed by atoms with Crippen LogP contribution in [0.4, 0.5) is 0 Å². The average molecular weight is 458 g/mol. The normalized spacial score (nSPS) is 15.2. The minimum atomic E-state index is -0.627. The highest BCUT2D eigenvalue weighted by Gasteiger charge is 2.38. The molecule has 0 unspecified atom stereocenters. The van der Waals surface area contributed by atoms with Crippen molar-refractivity contribution in [3.63, 3.8) is 0 Å². The zero-order valence-corrected chi connectivity index (χ0v) is 19.1. The van der Waals surface area contributed by atoms with E-state index in [1.54, 1.807) is 6.07 Å². The van der Waals surface area contributed by atoms with Crippen LogP contribution in [0.5, 0.6) is 5.75 Å². The van der Waals surface area contributed by atoms with E-state index in [0.717, 1.165) is 44.1 Å². The lowest BCUT2D eigenvalue weighted by Gasteiger charge is -2.30. The van der Waals surface area contributed by atoms with Crippen LogP contribution < -0.4 is 20.9 Å². The molecular weight excluding hydrogens is 426 g/mol. The highest BCUT2D eigenvalue weighted by molar-refractivity contribution is 5.82. The molecule has 1 aliphatic carbocycles. The lowest BCUT2D eigenvalue weighted by atomic mass is 9.89. The van der Waals surface area contributed by atoms with Gasteiger partial charge in [-0.05, 0) is 37.5 Å². The van der Waals surface area contributed by atoms with Gasteiger partial charge in [0, 0.05) is 19.8 Å². The molecule has 1 aliphatic rings. The second kappa shape index (κ2) is 11.4. The first-order valence-corrected chi connectivity index (χ1v) is 11.3. The van der Waals surface area contributed by atoms with Gasteiger partial charge in [0.1, 0.15) is 11.3 Å². The highest BCUT2D eigenvalue weighted by Crippen LogP contribution is 2.34. The number of hydrazine groups is 1. The fraction of sp³-hybridized carbons (Fsp3) is 0.522. The van der Waals surface area contributed by atoms with Gasteiger partial charge >= 0.3 is 0 Å². The van der Waals surface area contributed by atoms with Crippen molar-refractivity contribution in [1.82, 2.24) is 26.3 Å². The monoisotopic (exact) mass is 457 g/mol. The summed E-state index contributed by atoms with van der Waals surface area (Å²) in [6.07, 6.45) is 5.92. The van der Waals surface area contributed by atoms with Gasteiger partial charge in [0.25, 0.3) is 5.91 Å². The molecule has 10 heteroatoms. The average Bonchev–Trinajstić information content (AvgIpc) is 3.14. The van der Waals surface area contributed by atoms with Crippen LogP contribution in [-0.2, 0) is 26.3 Å². The van der Waals surface area contributed by atoms with E-state index in [4.69, 9.17) is 9.26 Å². The van der Waals surface area contributed by atoms with E-state index >= 15 is 0 Å². The molecule has 0 bridgehead atoms. The van der Waals surface area contributed by atoms with Crippen LogP contribution >= 0.6 is 0 Å². The van der Waals surface area contributed by atoms with Gasteiger partial charge in [0.05, 0.1) is 0 Å². The molecule has 1 fully saturated rings. The molecule has 10 nitrogen and oxygen atoms in total. The summed E-state index contributed by atoms with van der Waals surface area (Å²) in [6.45, 7) is 3.19. The van der Waals surface area contributed by atoms with Crippen molar-refractivity contribution < 1.29 is 23.6 Å². The molecular formula is C23H31N5O5. The molecule has 33 heavy (non-hydrogen) atoms. The van der Waals surface area contributed by atoms with Gasteiger partial charge in [-0.15, -0.1) is 0 Å². The van der Waals surface area contributed by atoms with E-state index in [0.29, 0.717) is 17.5 Å². The van der Waals surface area contributed by atoms with E-state index < -0.39 is 17.4 Å². The van der Waals surface area contributed by atoms with E-state index in [2.05, 4.69) is 26.3 Å². The van der Waals surface area contributed by atoms with Crippen LogP contribution in [0.3, 0.4) is 0 Å². The predicted octanol–water partition coefficient (Wildman–Crippen LogP) is 2.22. The molecule has 1 aromatic heterocycles. The van der Waals surface area contributed by atoms with Crippen LogP contribution in [0.1, 0.15) is 69.1 Å². The molecule has 1 saturated carbocycles. The third-order valence-corrected chi connectivity index (χ3v) is 5.54. The molecule has 178 valence electrons. The molecule has 0 radical (unpaired) electrons. The number of rotatable bonds is 8. The van der Waals surface area contributed by atoms with Crippen LogP contribution in [0.25, 0.3) is 0 Å². The van der Waals surface area contributed by atoms with Crippen molar-refractivity contribution in [3.05, 3.63) is 41.5 Å². The summed E-state index contributed by atoms with van der Waals surface area (Å²) in [5, 5.41) is 7.13. The van der Waals surface area contributed by atoms with E-state index in [-0.39, 0.29) is 25.4 Å².